The summed E-state index contributed by atoms with van der Waals surface area (Å²) in [7, 11) is 0. The monoisotopic (exact) mass is 299 g/mol. The van der Waals surface area contributed by atoms with Crippen LogP contribution in [0.1, 0.15) is 20.1 Å². The number of anilines is 1. The number of rotatable bonds is 3. The lowest BCUT2D eigenvalue weighted by Crippen LogP contribution is -2.35. The Morgan fingerprint density at radius 3 is 2.57 bits per heavy atom. The zero-order valence-electron chi connectivity index (χ0n) is 11.5. The molecule has 2 rings (SSSR count). The van der Waals surface area contributed by atoms with Gasteiger partial charge >= 0.3 is 5.69 Å². The summed E-state index contributed by atoms with van der Waals surface area (Å²) in [6, 6.07) is 1.29. The Bertz CT molecular complexity index is 609. The Hall–Kier alpha value is -1.94. The second kappa shape index (κ2) is 5.82. The molecule has 0 saturated carbocycles. The molecule has 0 radical (unpaired) electrons. The molecule has 4 atom stereocenters. The lowest BCUT2D eigenvalue weighted by molar-refractivity contribution is -0.0393. The molecule has 0 aromatic carbocycles. The van der Waals surface area contributed by atoms with Crippen molar-refractivity contribution < 1.29 is 25.3 Å². The van der Waals surface area contributed by atoms with Gasteiger partial charge in [0.05, 0.1) is 0 Å². The molecule has 0 unspecified atom stereocenters. The Morgan fingerprint density at radius 2 is 2.05 bits per heavy atom. The van der Waals surface area contributed by atoms with Crippen LogP contribution in [0.3, 0.4) is 0 Å². The van der Waals surface area contributed by atoms with Gasteiger partial charge in [0.1, 0.15) is 24.1 Å². The molecule has 0 spiro atoms. The lowest BCUT2D eigenvalue weighted by atomic mass is 10.1. The number of hydrogen-bond acceptors (Lipinski definition) is 8. The minimum Gasteiger partial charge on any atom is -0.510 e. The van der Waals surface area contributed by atoms with Crippen molar-refractivity contribution >= 4 is 5.82 Å². The quantitative estimate of drug-likeness (QED) is 0.372. The largest absolute Gasteiger partial charge is 0.510 e. The molecule has 9 nitrogen and oxygen atoms in total. The molecule has 1 aliphatic rings. The van der Waals surface area contributed by atoms with Crippen LogP contribution < -0.4 is 11.2 Å². The summed E-state index contributed by atoms with van der Waals surface area (Å²) in [5.74, 6) is -0.258. The third kappa shape index (κ3) is 2.76. The number of nitrogens with zero attached hydrogens (tertiary/aromatic N) is 2. The average molecular weight is 299 g/mol. The van der Waals surface area contributed by atoms with Crippen LogP contribution in [0.4, 0.5) is 5.82 Å². The van der Waals surface area contributed by atoms with Gasteiger partial charge in [-0.2, -0.15) is 4.98 Å². The molecule has 1 saturated heterocycles. The van der Waals surface area contributed by atoms with E-state index in [0.29, 0.717) is 5.57 Å². The summed E-state index contributed by atoms with van der Waals surface area (Å²) >= 11 is 0. The first-order valence-electron chi connectivity index (χ1n) is 6.24. The minimum atomic E-state index is -1.41. The molecule has 0 aliphatic carbocycles. The Labute approximate surface area is 119 Å². The van der Waals surface area contributed by atoms with Crippen LogP contribution in [0.15, 0.2) is 28.4 Å². The van der Waals surface area contributed by atoms with Crippen molar-refractivity contribution in [2.24, 2.45) is 0 Å². The van der Waals surface area contributed by atoms with Gasteiger partial charge in [0.25, 0.3) is 0 Å². The van der Waals surface area contributed by atoms with Crippen molar-refractivity contribution in [2.75, 3.05) is 5.48 Å². The van der Waals surface area contributed by atoms with E-state index in [-0.39, 0.29) is 11.6 Å². The molecule has 1 fully saturated rings. The first kappa shape index (κ1) is 15.4. The fourth-order valence-electron chi connectivity index (χ4n) is 2.07. The summed E-state index contributed by atoms with van der Waals surface area (Å²) in [6.45, 7) is 3.25. The van der Waals surface area contributed by atoms with Crippen molar-refractivity contribution in [3.63, 3.8) is 0 Å². The highest BCUT2D eigenvalue weighted by Gasteiger charge is 2.46. The van der Waals surface area contributed by atoms with Crippen LogP contribution in [0.5, 0.6) is 0 Å². The SMILES string of the molecule is CC(C)=C(O)[C@H]1O[C@@H](n2ccc(NO)nc2=O)[C@H](O)[C@@H]1O. The molecule has 1 aromatic heterocycles. The molecule has 1 aromatic rings. The van der Waals surface area contributed by atoms with Crippen LogP contribution in [0.25, 0.3) is 0 Å². The summed E-state index contributed by atoms with van der Waals surface area (Å²) in [6.07, 6.45) is -3.87. The standard InChI is InChI=1S/C12H17N3O6/c1-5(2)7(16)10-8(17)9(18)11(21-10)15-4-3-6(14-20)13-12(15)19/h3-4,8-11,16-18,20H,1-2H3,(H,13,14,19)/t8-,9+,10+,11+/m0/s1. The van der Waals surface area contributed by atoms with Crippen molar-refractivity contribution in [3.8, 4) is 0 Å². The van der Waals surface area contributed by atoms with Crippen LogP contribution in [-0.2, 0) is 4.74 Å². The molecule has 116 valence electrons. The van der Waals surface area contributed by atoms with Crippen LogP contribution in [0.2, 0.25) is 0 Å². The highest BCUT2D eigenvalue weighted by molar-refractivity contribution is 5.28. The number of aromatic nitrogens is 2. The fourth-order valence-corrected chi connectivity index (χ4v) is 2.07. The number of allylic oxidation sites excluding steroid dienone is 1. The Balaban J connectivity index is 2.34. The zero-order chi connectivity index (χ0) is 15.7. The summed E-state index contributed by atoms with van der Waals surface area (Å²) < 4.78 is 6.35. The minimum absolute atomic E-state index is 0.0621. The molecule has 5 N–H and O–H groups in total. The number of ether oxygens (including phenoxy) is 1. The van der Waals surface area contributed by atoms with Crippen LogP contribution >= 0.6 is 0 Å². The van der Waals surface area contributed by atoms with Crippen molar-refractivity contribution in [1.29, 1.82) is 0 Å². The van der Waals surface area contributed by atoms with E-state index in [1.54, 1.807) is 19.3 Å². The topological polar surface area (TPSA) is 137 Å². The van der Waals surface area contributed by atoms with Gasteiger partial charge in [-0.3, -0.25) is 15.3 Å². The van der Waals surface area contributed by atoms with E-state index in [2.05, 4.69) is 4.98 Å². The predicted octanol–water partition coefficient (Wildman–Crippen LogP) is -0.485. The number of nitrogens with one attached hydrogen (secondary N) is 1. The fraction of sp³-hybridized carbons (Fsp3) is 0.500. The second-order valence-corrected chi connectivity index (χ2v) is 4.93. The third-order valence-electron chi connectivity index (χ3n) is 3.24. The lowest BCUT2D eigenvalue weighted by Gasteiger charge is -2.17. The van der Waals surface area contributed by atoms with Gasteiger partial charge in [0.2, 0.25) is 0 Å². The molecule has 1 aliphatic heterocycles. The Kier molecular flexibility index (Phi) is 4.28. The van der Waals surface area contributed by atoms with E-state index in [1.807, 2.05) is 0 Å². The number of aliphatic hydroxyl groups excluding tert-OH is 3. The molecular formula is C12H17N3O6. The highest BCUT2D eigenvalue weighted by atomic mass is 16.6. The maximum Gasteiger partial charge on any atom is 0.351 e. The zero-order valence-corrected chi connectivity index (χ0v) is 11.5. The first-order chi connectivity index (χ1) is 9.86. The second-order valence-electron chi connectivity index (χ2n) is 4.93. The summed E-state index contributed by atoms with van der Waals surface area (Å²) in [5, 5.41) is 38.5. The van der Waals surface area contributed by atoms with Gasteiger partial charge in [-0.25, -0.2) is 4.79 Å². The normalized spacial score (nSPS) is 28.4. The van der Waals surface area contributed by atoms with Gasteiger partial charge in [-0.05, 0) is 25.5 Å². The van der Waals surface area contributed by atoms with Crippen molar-refractivity contribution in [3.05, 3.63) is 34.1 Å². The van der Waals surface area contributed by atoms with Gasteiger partial charge < -0.3 is 20.1 Å². The van der Waals surface area contributed by atoms with E-state index in [4.69, 9.17) is 9.94 Å². The van der Waals surface area contributed by atoms with Crippen molar-refractivity contribution in [2.45, 2.75) is 38.4 Å². The van der Waals surface area contributed by atoms with E-state index in [1.165, 1.54) is 12.3 Å². The molecule has 9 heteroatoms. The molecule has 2 heterocycles. The highest BCUT2D eigenvalue weighted by Crippen LogP contribution is 2.32. The molecule has 0 amide bonds. The Morgan fingerprint density at radius 1 is 1.38 bits per heavy atom. The maximum atomic E-state index is 11.8. The maximum absolute atomic E-state index is 11.8. The van der Waals surface area contributed by atoms with Gasteiger partial charge in [-0.1, -0.05) is 0 Å². The van der Waals surface area contributed by atoms with E-state index in [9.17, 15) is 20.1 Å². The molecule has 21 heavy (non-hydrogen) atoms. The molecule has 0 bridgehead atoms. The van der Waals surface area contributed by atoms with E-state index in [0.717, 1.165) is 4.57 Å². The van der Waals surface area contributed by atoms with Crippen LogP contribution in [0, 0.1) is 0 Å². The van der Waals surface area contributed by atoms with E-state index >= 15 is 0 Å². The summed E-state index contributed by atoms with van der Waals surface area (Å²) in [4.78, 5) is 15.3. The first-order valence-corrected chi connectivity index (χ1v) is 6.24. The van der Waals surface area contributed by atoms with Crippen LogP contribution in [-0.4, -0.2) is 48.4 Å². The van der Waals surface area contributed by atoms with E-state index < -0.39 is 30.2 Å². The van der Waals surface area contributed by atoms with Gasteiger partial charge in [-0.15, -0.1) is 0 Å². The summed E-state index contributed by atoms with van der Waals surface area (Å²) in [5.41, 5.74) is 1.46. The number of hydrogen-bond donors (Lipinski definition) is 5. The molecular weight excluding hydrogens is 282 g/mol. The van der Waals surface area contributed by atoms with Crippen molar-refractivity contribution in [1.82, 2.24) is 9.55 Å². The predicted molar refractivity (Wildman–Crippen MR) is 70.8 cm³/mol. The van der Waals surface area contributed by atoms with Gasteiger partial charge in [0, 0.05) is 6.20 Å². The van der Waals surface area contributed by atoms with Gasteiger partial charge in [0.15, 0.2) is 12.0 Å². The number of aliphatic hydroxyl groups is 3. The smallest absolute Gasteiger partial charge is 0.351 e. The average Bonchev–Trinajstić information content (AvgIpc) is 2.74. The third-order valence-corrected chi connectivity index (χ3v) is 3.24.